The molecule has 4 rings (SSSR count). The Hall–Kier alpha value is -2.99. The second-order valence-electron chi connectivity index (χ2n) is 10.8. The van der Waals surface area contributed by atoms with E-state index in [1.54, 1.807) is 6.08 Å². The first-order valence-electron chi connectivity index (χ1n) is 12.6. The highest BCUT2D eigenvalue weighted by Gasteiger charge is 2.53. The van der Waals surface area contributed by atoms with Crippen molar-refractivity contribution in [2.75, 3.05) is 0 Å². The fourth-order valence-corrected chi connectivity index (χ4v) is 6.32. The van der Waals surface area contributed by atoms with Crippen LogP contribution >= 0.6 is 0 Å². The monoisotopic (exact) mass is 471 g/mol. The summed E-state index contributed by atoms with van der Waals surface area (Å²) in [4.78, 5) is 0. The SMILES string of the molecule is C=CC1(CCC2=C(C#N)CCC(F)=C2)CCC2=CC(Cc3ccc(F)cc3)=C(C=C(C)C)CC21C. The molecule has 35 heavy (non-hydrogen) atoms. The molecular formula is C32H35F2N. The van der Waals surface area contributed by atoms with Crippen LogP contribution in [0.2, 0.25) is 0 Å². The lowest BCUT2D eigenvalue weighted by Gasteiger charge is -2.46. The molecule has 0 aromatic heterocycles. The average Bonchev–Trinajstić information content (AvgIpc) is 3.10. The summed E-state index contributed by atoms with van der Waals surface area (Å²) in [6.45, 7) is 10.9. The summed E-state index contributed by atoms with van der Waals surface area (Å²) >= 11 is 0. The Bertz CT molecular complexity index is 1210. The van der Waals surface area contributed by atoms with Crippen LogP contribution in [0.4, 0.5) is 8.78 Å². The normalized spacial score (nSPS) is 26.1. The zero-order valence-electron chi connectivity index (χ0n) is 21.2. The molecule has 3 heteroatoms. The van der Waals surface area contributed by atoms with Gasteiger partial charge >= 0.3 is 0 Å². The Morgan fingerprint density at radius 3 is 2.49 bits per heavy atom. The number of rotatable bonds is 7. The van der Waals surface area contributed by atoms with E-state index in [4.69, 9.17) is 0 Å². The van der Waals surface area contributed by atoms with E-state index in [1.807, 2.05) is 12.1 Å². The van der Waals surface area contributed by atoms with Gasteiger partial charge in [0, 0.05) is 17.4 Å². The first-order valence-corrected chi connectivity index (χ1v) is 12.6. The summed E-state index contributed by atoms with van der Waals surface area (Å²) in [7, 11) is 0. The van der Waals surface area contributed by atoms with Crippen LogP contribution < -0.4 is 0 Å². The number of benzene rings is 1. The van der Waals surface area contributed by atoms with Crippen LogP contribution in [-0.4, -0.2) is 0 Å². The van der Waals surface area contributed by atoms with Gasteiger partial charge in [-0.3, -0.25) is 0 Å². The van der Waals surface area contributed by atoms with E-state index >= 15 is 0 Å². The van der Waals surface area contributed by atoms with Gasteiger partial charge in [-0.05, 0) is 105 Å². The summed E-state index contributed by atoms with van der Waals surface area (Å²) in [5.74, 6) is -0.336. The summed E-state index contributed by atoms with van der Waals surface area (Å²) in [5, 5.41) is 9.56. The Morgan fingerprint density at radius 1 is 1.09 bits per heavy atom. The summed E-state index contributed by atoms with van der Waals surface area (Å²) in [6, 6.07) is 9.10. The zero-order valence-corrected chi connectivity index (χ0v) is 21.2. The molecule has 1 nitrogen and oxygen atoms in total. The molecule has 3 aliphatic rings. The molecular weight excluding hydrogens is 436 g/mol. The van der Waals surface area contributed by atoms with Gasteiger partial charge in [-0.2, -0.15) is 5.26 Å². The molecule has 2 unspecified atom stereocenters. The number of halogens is 2. The largest absolute Gasteiger partial charge is 0.212 e. The maximum atomic E-state index is 14.0. The van der Waals surface area contributed by atoms with Crippen molar-refractivity contribution in [3.05, 3.63) is 106 Å². The highest BCUT2D eigenvalue weighted by molar-refractivity contribution is 5.49. The molecule has 0 N–H and O–H groups in total. The van der Waals surface area contributed by atoms with Crippen molar-refractivity contribution < 1.29 is 8.78 Å². The molecule has 3 aliphatic carbocycles. The minimum Gasteiger partial charge on any atom is -0.212 e. The van der Waals surface area contributed by atoms with Crippen molar-refractivity contribution in [3.8, 4) is 6.07 Å². The second-order valence-corrected chi connectivity index (χ2v) is 10.8. The lowest BCUT2D eigenvalue weighted by molar-refractivity contribution is 0.163. The molecule has 1 aromatic rings. The maximum Gasteiger partial charge on any atom is 0.123 e. The van der Waals surface area contributed by atoms with Gasteiger partial charge in [0.25, 0.3) is 0 Å². The van der Waals surface area contributed by atoms with Crippen molar-refractivity contribution in [1.82, 2.24) is 0 Å². The molecule has 182 valence electrons. The van der Waals surface area contributed by atoms with Crippen LogP contribution in [0.3, 0.4) is 0 Å². The van der Waals surface area contributed by atoms with E-state index in [0.29, 0.717) is 19.3 Å². The fourth-order valence-electron chi connectivity index (χ4n) is 6.32. The highest BCUT2D eigenvalue weighted by Crippen LogP contribution is 2.64. The molecule has 1 aromatic carbocycles. The molecule has 0 spiro atoms. The fraction of sp³-hybridized carbons (Fsp3) is 0.406. The maximum absolute atomic E-state index is 14.0. The van der Waals surface area contributed by atoms with Crippen molar-refractivity contribution in [2.24, 2.45) is 10.8 Å². The molecule has 0 amide bonds. The topological polar surface area (TPSA) is 23.8 Å². The van der Waals surface area contributed by atoms with Crippen LogP contribution in [0.5, 0.6) is 0 Å². The predicted octanol–water partition coefficient (Wildman–Crippen LogP) is 9.18. The Morgan fingerprint density at radius 2 is 1.83 bits per heavy atom. The highest BCUT2D eigenvalue weighted by atomic mass is 19.1. The third kappa shape index (κ3) is 4.90. The van der Waals surface area contributed by atoms with Gasteiger partial charge < -0.3 is 0 Å². The number of fused-ring (bicyclic) bond motifs is 1. The van der Waals surface area contributed by atoms with Crippen LogP contribution in [0.15, 0.2) is 94.4 Å². The smallest absolute Gasteiger partial charge is 0.123 e. The number of hydrogen-bond acceptors (Lipinski definition) is 1. The Balaban J connectivity index is 1.66. The van der Waals surface area contributed by atoms with Crippen molar-refractivity contribution in [2.45, 2.75) is 72.1 Å². The van der Waals surface area contributed by atoms with E-state index < -0.39 is 0 Å². The predicted molar refractivity (Wildman–Crippen MR) is 140 cm³/mol. The van der Waals surface area contributed by atoms with E-state index in [9.17, 15) is 14.0 Å². The standard InChI is InChI=1S/C32H35F2N/c1-5-32(14-12-24-19-30(34)11-8-25(24)21-35)15-13-28-18-26(17-23-6-9-29(33)10-7-23)27(16-22(2)3)20-31(28,32)4/h5-7,9-10,16,18-19H,1,8,11-15,17,20H2,2-4H3. The van der Waals surface area contributed by atoms with Gasteiger partial charge in [-0.15, -0.1) is 6.58 Å². The van der Waals surface area contributed by atoms with Crippen LogP contribution in [0.25, 0.3) is 0 Å². The van der Waals surface area contributed by atoms with Gasteiger partial charge in [-0.25, -0.2) is 8.78 Å². The zero-order chi connectivity index (χ0) is 25.2. The van der Waals surface area contributed by atoms with Gasteiger partial charge in [-0.1, -0.05) is 48.4 Å². The number of nitriles is 1. The molecule has 0 aliphatic heterocycles. The minimum atomic E-state index is -0.212. The first-order chi connectivity index (χ1) is 16.7. The van der Waals surface area contributed by atoms with Gasteiger partial charge in [0.05, 0.1) is 6.07 Å². The third-order valence-corrected chi connectivity index (χ3v) is 8.42. The number of hydrogen-bond donors (Lipinski definition) is 0. The lowest BCUT2D eigenvalue weighted by atomic mass is 9.58. The second kappa shape index (κ2) is 9.94. The number of allylic oxidation sites excluding steroid dienone is 11. The van der Waals surface area contributed by atoms with Gasteiger partial charge in [0.2, 0.25) is 0 Å². The van der Waals surface area contributed by atoms with Gasteiger partial charge in [0.1, 0.15) is 11.6 Å². The van der Waals surface area contributed by atoms with E-state index in [-0.39, 0.29) is 22.5 Å². The van der Waals surface area contributed by atoms with Crippen LogP contribution in [-0.2, 0) is 6.42 Å². The molecule has 0 bridgehead atoms. The van der Waals surface area contributed by atoms with Gasteiger partial charge in [0.15, 0.2) is 0 Å². The lowest BCUT2D eigenvalue weighted by Crippen LogP contribution is -2.36. The quantitative estimate of drug-likeness (QED) is 0.364. The molecule has 1 saturated carbocycles. The minimum absolute atomic E-state index is 0.0768. The van der Waals surface area contributed by atoms with E-state index in [0.717, 1.165) is 48.8 Å². The Labute approximate surface area is 208 Å². The number of nitrogens with zero attached hydrogens (tertiary/aromatic N) is 1. The third-order valence-electron chi connectivity index (χ3n) is 8.42. The molecule has 0 heterocycles. The average molecular weight is 472 g/mol. The molecule has 1 fully saturated rings. The molecule has 0 radical (unpaired) electrons. The summed E-state index contributed by atoms with van der Waals surface area (Å²) in [5.41, 5.74) is 7.82. The van der Waals surface area contributed by atoms with Crippen molar-refractivity contribution in [1.29, 1.82) is 5.26 Å². The summed E-state index contributed by atoms with van der Waals surface area (Å²) < 4.78 is 27.5. The van der Waals surface area contributed by atoms with Crippen LogP contribution in [0, 0.1) is 28.0 Å². The van der Waals surface area contributed by atoms with Crippen molar-refractivity contribution >= 4 is 0 Å². The summed E-state index contributed by atoms with van der Waals surface area (Å²) in [6.07, 6.45) is 14.5. The molecule has 0 saturated heterocycles. The Kier molecular flexibility index (Phi) is 7.13. The van der Waals surface area contributed by atoms with E-state index in [2.05, 4.69) is 51.6 Å². The van der Waals surface area contributed by atoms with E-state index in [1.165, 1.54) is 34.4 Å². The van der Waals surface area contributed by atoms with Crippen molar-refractivity contribution in [3.63, 3.8) is 0 Å². The van der Waals surface area contributed by atoms with Crippen LogP contribution in [0.1, 0.15) is 71.3 Å². The first kappa shape index (κ1) is 25.1. The molecule has 2 atom stereocenters.